The molecule has 7 heteroatoms. The first-order valence-electron chi connectivity index (χ1n) is 10.3. The van der Waals surface area contributed by atoms with Gasteiger partial charge in [-0.15, -0.1) is 21.5 Å². The summed E-state index contributed by atoms with van der Waals surface area (Å²) in [5.41, 5.74) is 2.59. The third-order valence-corrected chi connectivity index (χ3v) is 7.70. The van der Waals surface area contributed by atoms with E-state index in [4.69, 9.17) is 0 Å². The molecule has 0 unspecified atom stereocenters. The fourth-order valence-corrected chi connectivity index (χ4v) is 6.37. The van der Waals surface area contributed by atoms with Crippen molar-refractivity contribution in [3.8, 4) is 0 Å². The highest BCUT2D eigenvalue weighted by atomic mass is 32.2. The number of hydrogen-bond acceptors (Lipinski definition) is 5. The van der Waals surface area contributed by atoms with Crippen LogP contribution in [0.3, 0.4) is 0 Å². The third-order valence-electron chi connectivity index (χ3n) is 5.48. The molecule has 1 aromatic carbocycles. The molecule has 0 N–H and O–H groups in total. The molecule has 150 valence electrons. The molecule has 0 bridgehead atoms. The summed E-state index contributed by atoms with van der Waals surface area (Å²) in [7, 11) is 0. The monoisotopic (exact) mass is 424 g/mol. The molecule has 29 heavy (non-hydrogen) atoms. The number of aryl methyl sites for hydroxylation is 4. The van der Waals surface area contributed by atoms with Gasteiger partial charge in [0, 0.05) is 16.7 Å². The molecule has 1 aliphatic carbocycles. The Balaban J connectivity index is 1.73. The highest BCUT2D eigenvalue weighted by Gasteiger charge is 2.25. The first-order chi connectivity index (χ1) is 14.1. The van der Waals surface area contributed by atoms with Crippen LogP contribution in [0.25, 0.3) is 16.0 Å². The van der Waals surface area contributed by atoms with Crippen molar-refractivity contribution in [1.82, 2.24) is 19.2 Å². The summed E-state index contributed by atoms with van der Waals surface area (Å²) in [6, 6.07) is 10.3. The van der Waals surface area contributed by atoms with Gasteiger partial charge in [-0.2, -0.15) is 0 Å². The predicted molar refractivity (Wildman–Crippen MR) is 120 cm³/mol. The van der Waals surface area contributed by atoms with Crippen LogP contribution in [0.2, 0.25) is 0 Å². The van der Waals surface area contributed by atoms with Gasteiger partial charge in [-0.1, -0.05) is 55.9 Å². The first-order valence-corrected chi connectivity index (χ1v) is 12.0. The maximum atomic E-state index is 13.6. The zero-order valence-electron chi connectivity index (χ0n) is 16.7. The Hall–Kier alpha value is -2.12. The van der Waals surface area contributed by atoms with Crippen LogP contribution < -0.4 is 5.56 Å². The SMILES string of the molecule is CC(C)Sc1nnc2n(CCc3ccccc3)c(=O)c3c4c(sc3n12)CCCC4. The van der Waals surface area contributed by atoms with Gasteiger partial charge in [0.05, 0.1) is 5.39 Å². The van der Waals surface area contributed by atoms with Crippen molar-refractivity contribution >= 4 is 39.1 Å². The van der Waals surface area contributed by atoms with Crippen molar-refractivity contribution in [1.29, 1.82) is 0 Å². The number of thioether (sulfide) groups is 1. The van der Waals surface area contributed by atoms with Crippen LogP contribution >= 0.6 is 23.1 Å². The number of aromatic nitrogens is 4. The maximum Gasteiger partial charge on any atom is 0.263 e. The molecule has 0 amide bonds. The van der Waals surface area contributed by atoms with E-state index >= 15 is 0 Å². The summed E-state index contributed by atoms with van der Waals surface area (Å²) in [5.74, 6) is 0.667. The van der Waals surface area contributed by atoms with Crippen molar-refractivity contribution in [2.75, 3.05) is 0 Å². The molecule has 0 spiro atoms. The van der Waals surface area contributed by atoms with Crippen LogP contribution in [0, 0.1) is 0 Å². The van der Waals surface area contributed by atoms with E-state index in [0.29, 0.717) is 17.6 Å². The molecule has 0 aliphatic heterocycles. The first kappa shape index (κ1) is 18.9. The molecule has 0 fully saturated rings. The highest BCUT2D eigenvalue weighted by molar-refractivity contribution is 7.99. The van der Waals surface area contributed by atoms with Crippen molar-refractivity contribution < 1.29 is 0 Å². The number of rotatable bonds is 5. The number of hydrogen-bond donors (Lipinski definition) is 0. The van der Waals surface area contributed by atoms with Crippen molar-refractivity contribution in [3.63, 3.8) is 0 Å². The summed E-state index contributed by atoms with van der Waals surface area (Å²) >= 11 is 3.47. The number of fused-ring (bicyclic) bond motifs is 5. The number of benzene rings is 1. The summed E-state index contributed by atoms with van der Waals surface area (Å²) in [6.45, 7) is 4.93. The third kappa shape index (κ3) is 3.30. The quantitative estimate of drug-likeness (QED) is 0.435. The molecule has 1 aliphatic rings. The molecule has 0 saturated carbocycles. The minimum absolute atomic E-state index is 0.0938. The Kier molecular flexibility index (Phi) is 4.95. The van der Waals surface area contributed by atoms with E-state index in [-0.39, 0.29) is 5.56 Å². The van der Waals surface area contributed by atoms with Gasteiger partial charge in [-0.25, -0.2) is 4.40 Å². The summed E-state index contributed by atoms with van der Waals surface area (Å²) in [6.07, 6.45) is 5.25. The Morgan fingerprint density at radius 3 is 2.72 bits per heavy atom. The van der Waals surface area contributed by atoms with Crippen molar-refractivity contribution in [3.05, 3.63) is 56.7 Å². The van der Waals surface area contributed by atoms with Gasteiger partial charge < -0.3 is 0 Å². The summed E-state index contributed by atoms with van der Waals surface area (Å²) in [5, 5.41) is 11.1. The highest BCUT2D eigenvalue weighted by Crippen LogP contribution is 2.36. The van der Waals surface area contributed by atoms with Gasteiger partial charge in [0.25, 0.3) is 5.56 Å². The molecule has 0 saturated heterocycles. The molecule has 0 atom stereocenters. The molecule has 4 aromatic rings. The topological polar surface area (TPSA) is 52.2 Å². The molecular formula is C22H24N4OS2. The Labute approximate surface area is 177 Å². The molecular weight excluding hydrogens is 400 g/mol. The van der Waals surface area contributed by atoms with E-state index in [1.807, 2.05) is 22.8 Å². The van der Waals surface area contributed by atoms with E-state index < -0.39 is 0 Å². The van der Waals surface area contributed by atoms with E-state index in [1.165, 1.54) is 22.4 Å². The fourth-order valence-electron chi connectivity index (χ4n) is 4.14. The Morgan fingerprint density at radius 1 is 1.14 bits per heavy atom. The smallest absolute Gasteiger partial charge is 0.263 e. The second-order valence-corrected chi connectivity index (χ2v) is 10.5. The van der Waals surface area contributed by atoms with E-state index in [1.54, 1.807) is 23.1 Å². The lowest BCUT2D eigenvalue weighted by molar-refractivity contribution is 0.673. The van der Waals surface area contributed by atoms with Crippen LogP contribution in [0.4, 0.5) is 0 Å². The van der Waals surface area contributed by atoms with Crippen LogP contribution in [0.15, 0.2) is 40.3 Å². The Morgan fingerprint density at radius 2 is 1.93 bits per heavy atom. The lowest BCUT2D eigenvalue weighted by atomic mass is 9.97. The zero-order valence-corrected chi connectivity index (χ0v) is 18.4. The van der Waals surface area contributed by atoms with Gasteiger partial charge in [-0.05, 0) is 43.2 Å². The minimum Gasteiger partial charge on any atom is -0.276 e. The number of nitrogens with zero attached hydrogens (tertiary/aromatic N) is 4. The zero-order chi connectivity index (χ0) is 20.0. The molecule has 0 radical (unpaired) electrons. The van der Waals surface area contributed by atoms with Crippen molar-refractivity contribution in [2.45, 2.75) is 62.9 Å². The lowest BCUT2D eigenvalue weighted by Crippen LogP contribution is -2.24. The van der Waals surface area contributed by atoms with Gasteiger partial charge in [0.2, 0.25) is 5.78 Å². The summed E-state index contributed by atoms with van der Waals surface area (Å²) in [4.78, 5) is 16.0. The fraction of sp³-hybridized carbons (Fsp3) is 0.409. The van der Waals surface area contributed by atoms with Gasteiger partial charge in [-0.3, -0.25) is 9.36 Å². The Bertz CT molecular complexity index is 1240. The molecule has 3 heterocycles. The lowest BCUT2D eigenvalue weighted by Gasteiger charge is -2.12. The maximum absolute atomic E-state index is 13.6. The largest absolute Gasteiger partial charge is 0.276 e. The van der Waals surface area contributed by atoms with Crippen LogP contribution in [-0.4, -0.2) is 24.4 Å². The van der Waals surface area contributed by atoms with Crippen LogP contribution in [0.5, 0.6) is 0 Å². The average Bonchev–Trinajstić information content (AvgIpc) is 3.30. The number of thiophene rings is 1. The van der Waals surface area contributed by atoms with Gasteiger partial charge >= 0.3 is 0 Å². The van der Waals surface area contributed by atoms with Gasteiger partial charge in [0.1, 0.15) is 4.83 Å². The van der Waals surface area contributed by atoms with Crippen LogP contribution in [0.1, 0.15) is 42.7 Å². The molecule has 5 nitrogen and oxygen atoms in total. The predicted octanol–water partition coefficient (Wildman–Crippen LogP) is 4.73. The standard InChI is InChI=1S/C22H24N4OS2/c1-14(2)28-22-24-23-21-25(13-12-15-8-4-3-5-9-15)19(27)18-16-10-6-7-11-17(16)29-20(18)26(21)22/h3-5,8-9,14H,6-7,10-13H2,1-2H3. The second-order valence-electron chi connectivity index (χ2n) is 7.87. The molecule has 3 aromatic heterocycles. The minimum atomic E-state index is 0.0938. The van der Waals surface area contributed by atoms with Crippen LogP contribution in [-0.2, 0) is 25.8 Å². The average molecular weight is 425 g/mol. The van der Waals surface area contributed by atoms with E-state index in [2.05, 4.69) is 40.6 Å². The molecule has 5 rings (SSSR count). The van der Waals surface area contributed by atoms with E-state index in [9.17, 15) is 4.79 Å². The van der Waals surface area contributed by atoms with E-state index in [0.717, 1.165) is 41.1 Å². The van der Waals surface area contributed by atoms with Crippen molar-refractivity contribution in [2.24, 2.45) is 0 Å². The second kappa shape index (κ2) is 7.61. The normalized spacial score (nSPS) is 14.2. The van der Waals surface area contributed by atoms with Gasteiger partial charge in [0.15, 0.2) is 5.16 Å². The summed E-state index contributed by atoms with van der Waals surface area (Å²) < 4.78 is 3.98.